The van der Waals surface area contributed by atoms with Crippen LogP contribution in [0.1, 0.15) is 31.2 Å². The molecule has 0 radical (unpaired) electrons. The van der Waals surface area contributed by atoms with Crippen molar-refractivity contribution in [2.75, 3.05) is 6.54 Å². The zero-order chi connectivity index (χ0) is 17.9. The normalized spacial score (nSPS) is 23.2. The van der Waals surface area contributed by atoms with Crippen LogP contribution in [0.25, 0.3) is 0 Å². The van der Waals surface area contributed by atoms with E-state index in [0.717, 1.165) is 31.2 Å². The molecule has 0 unspecified atom stereocenters. The maximum Gasteiger partial charge on any atom is 0.240 e. The van der Waals surface area contributed by atoms with Crippen molar-refractivity contribution >= 4 is 34.0 Å². The van der Waals surface area contributed by atoms with Gasteiger partial charge in [-0.15, -0.1) is 12.4 Å². The van der Waals surface area contributed by atoms with Gasteiger partial charge in [0.1, 0.15) is 0 Å². The molecule has 0 aromatic heterocycles. The molecule has 26 heavy (non-hydrogen) atoms. The third-order valence-corrected chi connectivity index (χ3v) is 6.92. The van der Waals surface area contributed by atoms with Crippen LogP contribution in [0, 0.1) is 0 Å². The summed E-state index contributed by atoms with van der Waals surface area (Å²) in [4.78, 5) is 0.306. The van der Waals surface area contributed by atoms with Crippen LogP contribution < -0.4 is 10.5 Å². The molecule has 0 saturated heterocycles. The van der Waals surface area contributed by atoms with Gasteiger partial charge < -0.3 is 5.73 Å². The highest BCUT2D eigenvalue weighted by atomic mass is 35.5. The van der Waals surface area contributed by atoms with Gasteiger partial charge in [0.05, 0.1) is 4.90 Å². The van der Waals surface area contributed by atoms with Crippen molar-refractivity contribution < 1.29 is 8.42 Å². The molecule has 0 amide bonds. The molecule has 2 aromatic rings. The molecule has 0 bridgehead atoms. The van der Waals surface area contributed by atoms with Crippen molar-refractivity contribution in [2.24, 2.45) is 5.73 Å². The zero-order valence-corrected chi connectivity index (χ0v) is 16.8. The highest BCUT2D eigenvalue weighted by Crippen LogP contribution is 2.39. The maximum atomic E-state index is 12.5. The van der Waals surface area contributed by atoms with Crippen molar-refractivity contribution in [1.29, 1.82) is 0 Å². The molecule has 4 nitrogen and oxygen atoms in total. The average Bonchev–Trinajstić information content (AvgIpc) is 2.63. The summed E-state index contributed by atoms with van der Waals surface area (Å²) in [5.41, 5.74) is 7.12. The van der Waals surface area contributed by atoms with E-state index in [-0.39, 0.29) is 23.9 Å². The molecule has 0 aliphatic heterocycles. The van der Waals surface area contributed by atoms with Crippen LogP contribution in [0.4, 0.5) is 0 Å². The molecule has 0 heterocycles. The highest BCUT2D eigenvalue weighted by molar-refractivity contribution is 7.89. The number of benzene rings is 2. The van der Waals surface area contributed by atoms with Gasteiger partial charge in [0, 0.05) is 23.0 Å². The van der Waals surface area contributed by atoms with E-state index in [1.165, 1.54) is 0 Å². The van der Waals surface area contributed by atoms with E-state index in [0.29, 0.717) is 16.5 Å². The molecular weight excluding hydrogens is 391 g/mol. The molecule has 0 atom stereocenters. The molecule has 3 rings (SSSR count). The van der Waals surface area contributed by atoms with Gasteiger partial charge in [0.2, 0.25) is 10.0 Å². The first kappa shape index (κ1) is 21.2. The second kappa shape index (κ2) is 8.72. The summed E-state index contributed by atoms with van der Waals surface area (Å²) in [5.74, 6) is 0. The molecule has 2 aromatic carbocycles. The summed E-state index contributed by atoms with van der Waals surface area (Å²) >= 11 is 6.13. The van der Waals surface area contributed by atoms with Gasteiger partial charge in [-0.3, -0.25) is 0 Å². The van der Waals surface area contributed by atoms with Gasteiger partial charge >= 0.3 is 0 Å². The van der Waals surface area contributed by atoms with E-state index < -0.39 is 10.0 Å². The predicted octanol–water partition coefficient (Wildman–Crippen LogP) is 3.88. The summed E-state index contributed by atoms with van der Waals surface area (Å²) in [5, 5.41) is 0.706. The van der Waals surface area contributed by atoms with E-state index in [1.807, 2.05) is 18.2 Å². The zero-order valence-electron chi connectivity index (χ0n) is 14.4. The number of hydrogen-bond acceptors (Lipinski definition) is 3. The molecule has 0 spiro atoms. The Morgan fingerprint density at radius 2 is 1.73 bits per heavy atom. The summed E-state index contributed by atoms with van der Waals surface area (Å²) in [7, 11) is -3.48. The van der Waals surface area contributed by atoms with Crippen LogP contribution in [-0.4, -0.2) is 21.0 Å². The van der Waals surface area contributed by atoms with Gasteiger partial charge in [-0.25, -0.2) is 13.1 Å². The molecule has 1 saturated carbocycles. The second-order valence-electron chi connectivity index (χ2n) is 6.70. The van der Waals surface area contributed by atoms with Gasteiger partial charge in [0.25, 0.3) is 0 Å². The lowest BCUT2D eigenvalue weighted by Gasteiger charge is -2.40. The average molecular weight is 415 g/mol. The van der Waals surface area contributed by atoms with Crippen LogP contribution in [0.2, 0.25) is 5.02 Å². The first-order valence-corrected chi connectivity index (χ1v) is 10.3. The lowest BCUT2D eigenvalue weighted by Crippen LogP contribution is -2.45. The van der Waals surface area contributed by atoms with Crippen molar-refractivity contribution in [2.45, 2.75) is 42.0 Å². The molecule has 3 N–H and O–H groups in total. The van der Waals surface area contributed by atoms with Crippen LogP contribution in [-0.2, 0) is 15.4 Å². The monoisotopic (exact) mass is 414 g/mol. The van der Waals surface area contributed by atoms with Crippen molar-refractivity contribution in [3.63, 3.8) is 0 Å². The Kier molecular flexibility index (Phi) is 7.11. The van der Waals surface area contributed by atoms with E-state index in [2.05, 4.69) is 10.8 Å². The number of nitrogens with one attached hydrogen (secondary N) is 1. The third-order valence-electron chi connectivity index (χ3n) is 5.15. The maximum absolute atomic E-state index is 12.5. The van der Waals surface area contributed by atoms with E-state index in [9.17, 15) is 8.42 Å². The van der Waals surface area contributed by atoms with Gasteiger partial charge in [-0.1, -0.05) is 41.9 Å². The second-order valence-corrected chi connectivity index (χ2v) is 8.85. The molecule has 142 valence electrons. The quantitative estimate of drug-likeness (QED) is 0.779. The minimum absolute atomic E-state index is 0. The summed E-state index contributed by atoms with van der Waals surface area (Å²) in [6.07, 6.45) is 3.20. The molecule has 7 heteroatoms. The van der Waals surface area contributed by atoms with E-state index >= 15 is 0 Å². The Hall–Kier alpha value is -1.11. The number of sulfonamides is 1. The first-order chi connectivity index (χ1) is 12.0. The smallest absolute Gasteiger partial charge is 0.240 e. The van der Waals surface area contributed by atoms with Crippen LogP contribution in [0.15, 0.2) is 59.5 Å². The number of nitrogens with two attached hydrogens (primary N) is 1. The fraction of sp³-hybridized carbons (Fsp3) is 0.368. The number of hydrogen-bond donors (Lipinski definition) is 2. The number of halogens is 2. The van der Waals surface area contributed by atoms with Gasteiger partial charge in [-0.2, -0.15) is 0 Å². The summed E-state index contributed by atoms with van der Waals surface area (Å²) < 4.78 is 27.8. The predicted molar refractivity (Wildman–Crippen MR) is 108 cm³/mol. The van der Waals surface area contributed by atoms with Crippen LogP contribution >= 0.6 is 24.0 Å². The first-order valence-electron chi connectivity index (χ1n) is 8.49. The summed E-state index contributed by atoms with van der Waals surface area (Å²) in [6, 6.07) is 16.3. The topological polar surface area (TPSA) is 72.2 Å². The SMILES string of the molecule is Cl.NC[C@]1(c2cccc(Cl)c2)CC[C@@H](NS(=O)(=O)c2ccccc2)CC1. The Morgan fingerprint density at radius 3 is 2.31 bits per heavy atom. The fourth-order valence-corrected chi connectivity index (χ4v) is 5.12. The highest BCUT2D eigenvalue weighted by Gasteiger charge is 2.37. The Bertz CT molecular complexity index is 820. The van der Waals surface area contributed by atoms with Gasteiger partial charge in [-0.05, 0) is 55.5 Å². The minimum Gasteiger partial charge on any atom is -0.330 e. The Balaban J connectivity index is 0.00000243. The largest absolute Gasteiger partial charge is 0.330 e. The van der Waals surface area contributed by atoms with E-state index in [1.54, 1.807) is 30.3 Å². The molecule has 1 aliphatic rings. The lowest BCUT2D eigenvalue weighted by atomic mass is 9.68. The minimum atomic E-state index is -3.48. The van der Waals surface area contributed by atoms with Crippen LogP contribution in [0.3, 0.4) is 0 Å². The standard InChI is InChI=1S/C19H23ClN2O2S.ClH/c20-16-6-4-5-15(13-16)19(14-21)11-9-17(10-12-19)22-25(23,24)18-7-2-1-3-8-18;/h1-8,13,17,22H,9-12,14,21H2;1H/t17-,19+;. The number of rotatable bonds is 5. The van der Waals surface area contributed by atoms with Gasteiger partial charge in [0.15, 0.2) is 0 Å². The lowest BCUT2D eigenvalue weighted by molar-refractivity contribution is 0.267. The fourth-order valence-electron chi connectivity index (χ4n) is 3.60. The van der Waals surface area contributed by atoms with Crippen molar-refractivity contribution in [3.8, 4) is 0 Å². The van der Waals surface area contributed by atoms with Crippen LogP contribution in [0.5, 0.6) is 0 Å². The van der Waals surface area contributed by atoms with Crippen molar-refractivity contribution in [1.82, 2.24) is 4.72 Å². The third kappa shape index (κ3) is 4.59. The van der Waals surface area contributed by atoms with Crippen molar-refractivity contribution in [3.05, 3.63) is 65.2 Å². The summed E-state index contributed by atoms with van der Waals surface area (Å²) in [6.45, 7) is 0.533. The Labute approximate surface area is 166 Å². The molecule has 1 aliphatic carbocycles. The van der Waals surface area contributed by atoms with E-state index in [4.69, 9.17) is 17.3 Å². The Morgan fingerprint density at radius 1 is 1.08 bits per heavy atom. The molecule has 1 fully saturated rings. The molecular formula is C19H24Cl2N2O2S.